The zero-order chi connectivity index (χ0) is 13.9. The van der Waals surface area contributed by atoms with E-state index in [9.17, 15) is 9.18 Å². The molecule has 5 heteroatoms. The second-order valence-corrected chi connectivity index (χ2v) is 4.80. The summed E-state index contributed by atoms with van der Waals surface area (Å²) in [4.78, 5) is 22.2. The molecule has 0 bridgehead atoms. The van der Waals surface area contributed by atoms with Crippen LogP contribution in [0, 0.1) is 5.82 Å². The van der Waals surface area contributed by atoms with Crippen LogP contribution in [0.15, 0.2) is 42.9 Å². The fraction of sp³-hybridized carbons (Fsp3) is 0.267. The Balaban J connectivity index is 1.86. The maximum absolute atomic E-state index is 13.0. The molecule has 0 N–H and O–H groups in total. The number of likely N-dealkylation sites (tertiary alicyclic amines) is 1. The molecular weight excluding hydrogens is 257 g/mol. The van der Waals surface area contributed by atoms with Gasteiger partial charge in [0.2, 0.25) is 0 Å². The number of carbonyl (C=O) groups excluding carboxylic acids is 1. The molecule has 1 aromatic carbocycles. The Labute approximate surface area is 116 Å². The monoisotopic (exact) mass is 271 g/mol. The number of amides is 1. The first-order valence-corrected chi connectivity index (χ1v) is 6.58. The van der Waals surface area contributed by atoms with Crippen molar-refractivity contribution in [2.45, 2.75) is 18.9 Å². The summed E-state index contributed by atoms with van der Waals surface area (Å²) < 4.78 is 13.0. The summed E-state index contributed by atoms with van der Waals surface area (Å²) in [7, 11) is 0. The van der Waals surface area contributed by atoms with E-state index in [2.05, 4.69) is 9.97 Å². The van der Waals surface area contributed by atoms with Crippen LogP contribution in [0.25, 0.3) is 0 Å². The largest absolute Gasteiger partial charge is 0.330 e. The highest BCUT2D eigenvalue weighted by atomic mass is 19.1. The molecule has 0 aliphatic carbocycles. The summed E-state index contributed by atoms with van der Waals surface area (Å²) >= 11 is 0. The predicted octanol–water partition coefficient (Wildman–Crippen LogP) is 2.59. The van der Waals surface area contributed by atoms with E-state index >= 15 is 0 Å². The number of halogens is 1. The van der Waals surface area contributed by atoms with Crippen LogP contribution in [-0.2, 0) is 0 Å². The minimum absolute atomic E-state index is 0.00916. The van der Waals surface area contributed by atoms with Crippen LogP contribution in [0.3, 0.4) is 0 Å². The maximum Gasteiger partial charge on any atom is 0.274 e. The molecule has 1 fully saturated rings. The SMILES string of the molecule is O=C(c1cnccn1)N1CCCC1c1ccc(F)cc1. The molecule has 1 aliphatic heterocycles. The smallest absolute Gasteiger partial charge is 0.274 e. The van der Waals surface area contributed by atoms with Gasteiger partial charge in [-0.05, 0) is 30.5 Å². The molecule has 0 spiro atoms. The normalized spacial score (nSPS) is 18.2. The molecule has 1 unspecified atom stereocenters. The van der Waals surface area contributed by atoms with Crippen LogP contribution in [0.2, 0.25) is 0 Å². The highest BCUT2D eigenvalue weighted by Gasteiger charge is 2.31. The molecular formula is C15H14FN3O. The van der Waals surface area contributed by atoms with E-state index in [1.807, 2.05) is 0 Å². The van der Waals surface area contributed by atoms with Gasteiger partial charge in [-0.3, -0.25) is 9.78 Å². The Hall–Kier alpha value is -2.30. The molecule has 20 heavy (non-hydrogen) atoms. The average molecular weight is 271 g/mol. The zero-order valence-electron chi connectivity index (χ0n) is 10.9. The summed E-state index contributed by atoms with van der Waals surface area (Å²) in [5, 5.41) is 0. The van der Waals surface area contributed by atoms with Crippen LogP contribution >= 0.6 is 0 Å². The molecule has 2 aromatic rings. The van der Waals surface area contributed by atoms with Gasteiger partial charge in [-0.2, -0.15) is 0 Å². The van der Waals surface area contributed by atoms with Crippen LogP contribution in [0.5, 0.6) is 0 Å². The minimum atomic E-state index is -0.265. The second kappa shape index (κ2) is 5.36. The fourth-order valence-corrected chi connectivity index (χ4v) is 2.60. The van der Waals surface area contributed by atoms with Crippen molar-refractivity contribution in [3.05, 3.63) is 59.9 Å². The van der Waals surface area contributed by atoms with Crippen LogP contribution < -0.4 is 0 Å². The predicted molar refractivity (Wildman–Crippen MR) is 71.4 cm³/mol. The van der Waals surface area contributed by atoms with Gasteiger partial charge >= 0.3 is 0 Å². The molecule has 1 amide bonds. The number of hydrogen-bond acceptors (Lipinski definition) is 3. The van der Waals surface area contributed by atoms with Gasteiger partial charge in [-0.1, -0.05) is 12.1 Å². The Morgan fingerprint density at radius 2 is 2.05 bits per heavy atom. The van der Waals surface area contributed by atoms with E-state index in [-0.39, 0.29) is 17.8 Å². The summed E-state index contributed by atoms with van der Waals surface area (Å²) in [6, 6.07) is 6.33. The van der Waals surface area contributed by atoms with Crippen molar-refractivity contribution in [3.8, 4) is 0 Å². The third-order valence-corrected chi connectivity index (χ3v) is 3.55. The van der Waals surface area contributed by atoms with E-state index in [1.165, 1.54) is 30.7 Å². The molecule has 1 saturated heterocycles. The highest BCUT2D eigenvalue weighted by molar-refractivity contribution is 5.92. The third-order valence-electron chi connectivity index (χ3n) is 3.55. The van der Waals surface area contributed by atoms with E-state index in [0.717, 1.165) is 18.4 Å². The standard InChI is InChI=1S/C15H14FN3O/c16-12-5-3-11(4-6-12)14-2-1-9-19(14)15(20)13-10-17-7-8-18-13/h3-8,10,14H,1-2,9H2. The van der Waals surface area contributed by atoms with Crippen molar-refractivity contribution in [1.82, 2.24) is 14.9 Å². The Morgan fingerprint density at radius 3 is 2.75 bits per heavy atom. The lowest BCUT2D eigenvalue weighted by atomic mass is 10.0. The first-order chi connectivity index (χ1) is 9.75. The minimum Gasteiger partial charge on any atom is -0.330 e. The number of carbonyl (C=O) groups is 1. The number of rotatable bonds is 2. The van der Waals surface area contributed by atoms with E-state index in [4.69, 9.17) is 0 Å². The van der Waals surface area contributed by atoms with Gasteiger partial charge in [0, 0.05) is 18.9 Å². The zero-order valence-corrected chi connectivity index (χ0v) is 10.9. The number of hydrogen-bond donors (Lipinski definition) is 0. The van der Waals surface area contributed by atoms with E-state index in [0.29, 0.717) is 12.2 Å². The van der Waals surface area contributed by atoms with Gasteiger partial charge in [0.15, 0.2) is 0 Å². The van der Waals surface area contributed by atoms with Gasteiger partial charge in [-0.25, -0.2) is 9.37 Å². The molecule has 0 saturated carbocycles. The number of aromatic nitrogens is 2. The summed E-state index contributed by atoms with van der Waals surface area (Å²) in [5.74, 6) is -0.386. The molecule has 102 valence electrons. The first kappa shape index (κ1) is 12.7. The van der Waals surface area contributed by atoms with Crippen molar-refractivity contribution in [2.24, 2.45) is 0 Å². The van der Waals surface area contributed by atoms with Crippen molar-refractivity contribution in [2.75, 3.05) is 6.54 Å². The van der Waals surface area contributed by atoms with Gasteiger partial charge in [0.05, 0.1) is 12.2 Å². The molecule has 1 aromatic heterocycles. The lowest BCUT2D eigenvalue weighted by Gasteiger charge is -2.24. The molecule has 0 radical (unpaired) electrons. The number of nitrogens with zero attached hydrogens (tertiary/aromatic N) is 3. The van der Waals surface area contributed by atoms with Gasteiger partial charge in [-0.15, -0.1) is 0 Å². The van der Waals surface area contributed by atoms with E-state index in [1.54, 1.807) is 17.0 Å². The summed E-state index contributed by atoms with van der Waals surface area (Å²) in [6.45, 7) is 0.692. The van der Waals surface area contributed by atoms with Gasteiger partial charge in [0.1, 0.15) is 11.5 Å². The average Bonchev–Trinajstić information content (AvgIpc) is 2.97. The topological polar surface area (TPSA) is 46.1 Å². The second-order valence-electron chi connectivity index (χ2n) is 4.80. The quantitative estimate of drug-likeness (QED) is 0.843. The molecule has 1 aliphatic rings. The molecule has 3 rings (SSSR count). The Bertz CT molecular complexity index is 600. The van der Waals surface area contributed by atoms with E-state index < -0.39 is 0 Å². The van der Waals surface area contributed by atoms with Gasteiger partial charge in [0.25, 0.3) is 5.91 Å². The summed E-state index contributed by atoms with van der Waals surface area (Å²) in [5.41, 5.74) is 1.31. The molecule has 1 atom stereocenters. The lowest BCUT2D eigenvalue weighted by Crippen LogP contribution is -2.31. The van der Waals surface area contributed by atoms with Crippen molar-refractivity contribution >= 4 is 5.91 Å². The maximum atomic E-state index is 13.0. The highest BCUT2D eigenvalue weighted by Crippen LogP contribution is 2.32. The number of benzene rings is 1. The third kappa shape index (κ3) is 2.39. The van der Waals surface area contributed by atoms with Crippen LogP contribution in [0.1, 0.15) is 34.9 Å². The first-order valence-electron chi connectivity index (χ1n) is 6.58. The van der Waals surface area contributed by atoms with Gasteiger partial charge < -0.3 is 4.90 Å². The lowest BCUT2D eigenvalue weighted by molar-refractivity contribution is 0.0729. The Morgan fingerprint density at radius 1 is 1.25 bits per heavy atom. The Kier molecular flexibility index (Phi) is 3.41. The van der Waals surface area contributed by atoms with Crippen molar-refractivity contribution in [1.29, 1.82) is 0 Å². The molecule has 2 heterocycles. The molecule has 4 nitrogen and oxygen atoms in total. The summed E-state index contributed by atoms with van der Waals surface area (Å²) in [6.07, 6.45) is 6.35. The van der Waals surface area contributed by atoms with Crippen LogP contribution in [-0.4, -0.2) is 27.3 Å². The van der Waals surface area contributed by atoms with Crippen molar-refractivity contribution < 1.29 is 9.18 Å². The van der Waals surface area contributed by atoms with Crippen LogP contribution in [0.4, 0.5) is 4.39 Å². The van der Waals surface area contributed by atoms with Crippen molar-refractivity contribution in [3.63, 3.8) is 0 Å². The fourth-order valence-electron chi connectivity index (χ4n) is 2.60.